The maximum Gasteiger partial charge on any atom is 0.323 e. The molecule has 15 heavy (non-hydrogen) atoms. The maximum absolute atomic E-state index is 11.7. The molecule has 1 aliphatic rings. The van der Waals surface area contributed by atoms with Gasteiger partial charge in [-0.2, -0.15) is 0 Å². The Bertz CT molecular complexity index is 256. The van der Waals surface area contributed by atoms with Crippen molar-refractivity contribution in [1.29, 1.82) is 0 Å². The van der Waals surface area contributed by atoms with E-state index in [0.717, 1.165) is 32.4 Å². The highest BCUT2D eigenvalue weighted by atomic mass is 16.5. The number of carbonyl (C=O) groups excluding carboxylic acids is 1. The van der Waals surface area contributed by atoms with Crippen molar-refractivity contribution in [3.05, 3.63) is 18.4 Å². The number of likely N-dealkylation sites (tertiary alicyclic amines) is 1. The number of carbonyl (C=O) groups is 1. The molecule has 0 N–H and O–H groups in total. The molecule has 0 radical (unpaired) electrons. The van der Waals surface area contributed by atoms with Gasteiger partial charge in [-0.3, -0.25) is 9.69 Å². The summed E-state index contributed by atoms with van der Waals surface area (Å²) in [6.07, 6.45) is 5.03. The highest BCUT2D eigenvalue weighted by Gasteiger charge is 2.28. The molecule has 84 valence electrons. The molecule has 1 unspecified atom stereocenters. The standard InChI is InChI=1S/C12H19NO2/c1-3-5-9-13-10-7-6-8-11(13)12(14)15-4-2/h5,11H,1,4,6-10H2,2H3. The Labute approximate surface area is 91.4 Å². The predicted octanol–water partition coefficient (Wildman–Crippen LogP) is 1.75. The van der Waals surface area contributed by atoms with E-state index in [-0.39, 0.29) is 12.0 Å². The van der Waals surface area contributed by atoms with E-state index in [0.29, 0.717) is 6.61 Å². The molecular weight excluding hydrogens is 190 g/mol. The molecule has 0 aromatic rings. The fourth-order valence-electron chi connectivity index (χ4n) is 1.90. The molecule has 0 aromatic carbocycles. The van der Waals surface area contributed by atoms with Crippen LogP contribution in [0.1, 0.15) is 26.2 Å². The fraction of sp³-hybridized carbons (Fsp3) is 0.667. The SMILES string of the molecule is C=C=CCN1CCCCC1C(=O)OCC. The Morgan fingerprint density at radius 2 is 2.47 bits per heavy atom. The molecule has 0 aliphatic carbocycles. The lowest BCUT2D eigenvalue weighted by atomic mass is 10.0. The Morgan fingerprint density at radius 3 is 3.13 bits per heavy atom. The van der Waals surface area contributed by atoms with Gasteiger partial charge in [-0.05, 0) is 32.4 Å². The summed E-state index contributed by atoms with van der Waals surface area (Å²) in [5.41, 5.74) is 2.74. The Balaban J connectivity index is 2.56. The predicted molar refractivity (Wildman–Crippen MR) is 59.6 cm³/mol. The van der Waals surface area contributed by atoms with Crippen LogP contribution in [0.15, 0.2) is 18.4 Å². The first-order valence-corrected chi connectivity index (χ1v) is 5.54. The minimum atomic E-state index is -0.0883. The second kappa shape index (κ2) is 6.44. The van der Waals surface area contributed by atoms with Crippen molar-refractivity contribution in [1.82, 2.24) is 4.90 Å². The number of hydrogen-bond donors (Lipinski definition) is 0. The number of hydrogen-bond acceptors (Lipinski definition) is 3. The first-order valence-electron chi connectivity index (χ1n) is 5.54. The second-order valence-corrected chi connectivity index (χ2v) is 3.67. The summed E-state index contributed by atoms with van der Waals surface area (Å²) in [6, 6.07) is -0.0664. The van der Waals surface area contributed by atoms with Crippen molar-refractivity contribution in [2.45, 2.75) is 32.2 Å². The van der Waals surface area contributed by atoms with Gasteiger partial charge in [0.25, 0.3) is 0 Å². The number of nitrogens with zero attached hydrogens (tertiary/aromatic N) is 1. The van der Waals surface area contributed by atoms with Gasteiger partial charge in [-0.1, -0.05) is 13.0 Å². The van der Waals surface area contributed by atoms with Crippen LogP contribution in [0, 0.1) is 0 Å². The third kappa shape index (κ3) is 3.54. The van der Waals surface area contributed by atoms with Crippen LogP contribution < -0.4 is 0 Å². The quantitative estimate of drug-likeness (QED) is 0.522. The summed E-state index contributed by atoms with van der Waals surface area (Å²) in [7, 11) is 0. The van der Waals surface area contributed by atoms with Crippen molar-refractivity contribution in [3.63, 3.8) is 0 Å². The first-order chi connectivity index (χ1) is 7.29. The first kappa shape index (κ1) is 12.0. The van der Waals surface area contributed by atoms with Crippen molar-refractivity contribution < 1.29 is 9.53 Å². The van der Waals surface area contributed by atoms with Gasteiger partial charge in [0, 0.05) is 6.54 Å². The normalized spacial score (nSPS) is 21.8. The molecule has 1 rings (SSSR count). The lowest BCUT2D eigenvalue weighted by Crippen LogP contribution is -2.45. The van der Waals surface area contributed by atoms with Crippen molar-refractivity contribution in [2.75, 3.05) is 19.7 Å². The molecular formula is C12H19NO2. The van der Waals surface area contributed by atoms with E-state index in [1.165, 1.54) is 0 Å². The van der Waals surface area contributed by atoms with Gasteiger partial charge in [0.05, 0.1) is 6.61 Å². The highest BCUT2D eigenvalue weighted by molar-refractivity contribution is 5.75. The zero-order valence-corrected chi connectivity index (χ0v) is 9.37. The van der Waals surface area contributed by atoms with E-state index in [2.05, 4.69) is 17.2 Å². The minimum absolute atomic E-state index is 0.0664. The monoisotopic (exact) mass is 209 g/mol. The van der Waals surface area contributed by atoms with Gasteiger partial charge in [-0.15, -0.1) is 5.73 Å². The molecule has 0 bridgehead atoms. The number of ether oxygens (including phenoxy) is 1. The Morgan fingerprint density at radius 1 is 1.67 bits per heavy atom. The van der Waals surface area contributed by atoms with Crippen LogP contribution in [0.25, 0.3) is 0 Å². The van der Waals surface area contributed by atoms with Crippen LogP contribution in [0.2, 0.25) is 0 Å². The van der Waals surface area contributed by atoms with Gasteiger partial charge in [-0.25, -0.2) is 0 Å². The Kier molecular flexibility index (Phi) is 5.16. The van der Waals surface area contributed by atoms with Crippen LogP contribution in [0.5, 0.6) is 0 Å². The van der Waals surface area contributed by atoms with Crippen LogP contribution in [-0.2, 0) is 9.53 Å². The third-order valence-corrected chi connectivity index (χ3v) is 2.64. The molecule has 1 saturated heterocycles. The van der Waals surface area contributed by atoms with E-state index < -0.39 is 0 Å². The lowest BCUT2D eigenvalue weighted by Gasteiger charge is -2.32. The maximum atomic E-state index is 11.7. The molecule has 0 aromatic heterocycles. The van der Waals surface area contributed by atoms with E-state index >= 15 is 0 Å². The molecule has 1 atom stereocenters. The smallest absolute Gasteiger partial charge is 0.323 e. The zero-order chi connectivity index (χ0) is 11.1. The molecule has 0 spiro atoms. The van der Waals surface area contributed by atoms with Gasteiger partial charge < -0.3 is 4.74 Å². The van der Waals surface area contributed by atoms with Gasteiger partial charge >= 0.3 is 5.97 Å². The molecule has 3 heteroatoms. The summed E-state index contributed by atoms with van der Waals surface area (Å²) >= 11 is 0. The summed E-state index contributed by atoms with van der Waals surface area (Å²) in [5, 5.41) is 0. The summed E-state index contributed by atoms with van der Waals surface area (Å²) < 4.78 is 5.06. The van der Waals surface area contributed by atoms with Crippen molar-refractivity contribution >= 4 is 5.97 Å². The fourth-order valence-corrected chi connectivity index (χ4v) is 1.90. The molecule has 1 aliphatic heterocycles. The van der Waals surface area contributed by atoms with E-state index in [1.54, 1.807) is 0 Å². The summed E-state index contributed by atoms with van der Waals surface area (Å²) in [6.45, 7) is 7.53. The Hall–Kier alpha value is -1.05. The number of piperidine rings is 1. The van der Waals surface area contributed by atoms with Crippen LogP contribution in [-0.4, -0.2) is 36.6 Å². The molecule has 0 saturated carbocycles. The second-order valence-electron chi connectivity index (χ2n) is 3.67. The van der Waals surface area contributed by atoms with Crippen LogP contribution in [0.4, 0.5) is 0 Å². The van der Waals surface area contributed by atoms with E-state index in [4.69, 9.17) is 4.74 Å². The summed E-state index contributed by atoms with van der Waals surface area (Å²) in [4.78, 5) is 13.8. The number of rotatable bonds is 4. The topological polar surface area (TPSA) is 29.5 Å². The largest absolute Gasteiger partial charge is 0.465 e. The van der Waals surface area contributed by atoms with Crippen LogP contribution >= 0.6 is 0 Å². The van der Waals surface area contributed by atoms with E-state index in [9.17, 15) is 4.79 Å². The van der Waals surface area contributed by atoms with Crippen molar-refractivity contribution in [2.24, 2.45) is 0 Å². The molecule has 1 fully saturated rings. The third-order valence-electron chi connectivity index (χ3n) is 2.64. The zero-order valence-electron chi connectivity index (χ0n) is 9.37. The molecule has 1 heterocycles. The lowest BCUT2D eigenvalue weighted by molar-refractivity contribution is -0.150. The van der Waals surface area contributed by atoms with Gasteiger partial charge in [0.15, 0.2) is 0 Å². The summed E-state index contributed by atoms with van der Waals surface area (Å²) in [5.74, 6) is -0.0883. The average molecular weight is 209 g/mol. The van der Waals surface area contributed by atoms with Gasteiger partial charge in [0.2, 0.25) is 0 Å². The average Bonchev–Trinajstić information content (AvgIpc) is 2.27. The highest BCUT2D eigenvalue weighted by Crippen LogP contribution is 2.17. The van der Waals surface area contributed by atoms with E-state index in [1.807, 2.05) is 13.0 Å². The van der Waals surface area contributed by atoms with Crippen molar-refractivity contribution in [3.8, 4) is 0 Å². The molecule has 3 nitrogen and oxygen atoms in total. The minimum Gasteiger partial charge on any atom is -0.465 e. The van der Waals surface area contributed by atoms with Gasteiger partial charge in [0.1, 0.15) is 6.04 Å². The van der Waals surface area contributed by atoms with Crippen LogP contribution in [0.3, 0.4) is 0 Å². The molecule has 0 amide bonds. The number of esters is 1.